The number of nitrogens with two attached hydrogens (primary N) is 1. The standard InChI is InChI=1S/C19H19F2N5O3S/c1-19(2,28)6-7-29-17-12(8-23-9-24-17)25-16(27)14-15(22)30-18(26-14)13-10(20)4-3-5-11(13)21/h3-5,8-9,28H,6-7,22H2,1-2H3,(H,25,27). The predicted molar refractivity (Wildman–Crippen MR) is 108 cm³/mol. The van der Waals surface area contributed by atoms with Crippen molar-refractivity contribution in [1.29, 1.82) is 0 Å². The molecule has 4 N–H and O–H groups in total. The number of aromatic nitrogens is 3. The fourth-order valence-corrected chi connectivity index (χ4v) is 3.28. The van der Waals surface area contributed by atoms with Crippen LogP contribution in [0.1, 0.15) is 30.8 Å². The van der Waals surface area contributed by atoms with Crippen LogP contribution in [0.4, 0.5) is 19.5 Å². The van der Waals surface area contributed by atoms with Gasteiger partial charge in [0, 0.05) is 6.42 Å². The first kappa shape index (κ1) is 21.5. The first-order chi connectivity index (χ1) is 14.2. The molecule has 3 aromatic rings. The minimum absolute atomic E-state index is 0.00787. The van der Waals surface area contributed by atoms with Gasteiger partial charge < -0.3 is 20.9 Å². The van der Waals surface area contributed by atoms with E-state index < -0.39 is 23.1 Å². The number of carbonyl (C=O) groups is 1. The van der Waals surface area contributed by atoms with Gasteiger partial charge >= 0.3 is 0 Å². The van der Waals surface area contributed by atoms with Crippen molar-refractivity contribution >= 4 is 27.9 Å². The highest BCUT2D eigenvalue weighted by molar-refractivity contribution is 7.19. The Morgan fingerprint density at radius 1 is 1.33 bits per heavy atom. The Morgan fingerprint density at radius 2 is 2.03 bits per heavy atom. The first-order valence-electron chi connectivity index (χ1n) is 8.83. The number of hydrogen-bond donors (Lipinski definition) is 3. The summed E-state index contributed by atoms with van der Waals surface area (Å²) in [5.74, 6) is -2.24. The number of hydrogen-bond acceptors (Lipinski definition) is 8. The molecule has 8 nitrogen and oxygen atoms in total. The van der Waals surface area contributed by atoms with Gasteiger partial charge in [-0.1, -0.05) is 17.4 Å². The van der Waals surface area contributed by atoms with E-state index in [1.165, 1.54) is 18.6 Å². The largest absolute Gasteiger partial charge is 0.476 e. The molecule has 0 aliphatic rings. The van der Waals surface area contributed by atoms with Crippen molar-refractivity contribution in [2.45, 2.75) is 25.9 Å². The van der Waals surface area contributed by atoms with E-state index in [4.69, 9.17) is 10.5 Å². The van der Waals surface area contributed by atoms with Gasteiger partial charge in [-0.3, -0.25) is 4.79 Å². The summed E-state index contributed by atoms with van der Waals surface area (Å²) in [5.41, 5.74) is 4.54. The van der Waals surface area contributed by atoms with Crippen LogP contribution in [0.2, 0.25) is 0 Å². The number of nitrogen functional groups attached to an aromatic ring is 1. The fraction of sp³-hybridized carbons (Fsp3) is 0.263. The second-order valence-electron chi connectivity index (χ2n) is 6.94. The number of anilines is 2. The molecular formula is C19H19F2N5O3S. The number of thiazole rings is 1. The maximum Gasteiger partial charge on any atom is 0.277 e. The molecule has 158 valence electrons. The molecule has 0 saturated carbocycles. The monoisotopic (exact) mass is 435 g/mol. The highest BCUT2D eigenvalue weighted by Crippen LogP contribution is 2.34. The smallest absolute Gasteiger partial charge is 0.277 e. The summed E-state index contributed by atoms with van der Waals surface area (Å²) in [7, 11) is 0. The zero-order chi connectivity index (χ0) is 21.9. The molecule has 0 aliphatic heterocycles. The molecule has 0 spiro atoms. The number of aliphatic hydroxyl groups is 1. The lowest BCUT2D eigenvalue weighted by atomic mass is 10.1. The molecule has 0 fully saturated rings. The minimum Gasteiger partial charge on any atom is -0.476 e. The average Bonchev–Trinajstić information content (AvgIpc) is 3.03. The number of carbonyl (C=O) groups excluding carboxylic acids is 1. The summed E-state index contributed by atoms with van der Waals surface area (Å²) in [6, 6.07) is 3.41. The summed E-state index contributed by atoms with van der Waals surface area (Å²) >= 11 is 0.791. The molecule has 11 heteroatoms. The second-order valence-corrected chi connectivity index (χ2v) is 7.97. The van der Waals surface area contributed by atoms with Crippen LogP contribution in [-0.4, -0.2) is 38.2 Å². The summed E-state index contributed by atoms with van der Waals surface area (Å²) in [4.78, 5) is 24.5. The summed E-state index contributed by atoms with van der Waals surface area (Å²) in [6.45, 7) is 3.43. The van der Waals surface area contributed by atoms with E-state index >= 15 is 0 Å². The first-order valence-corrected chi connectivity index (χ1v) is 9.64. The van der Waals surface area contributed by atoms with E-state index in [1.807, 2.05) is 0 Å². The summed E-state index contributed by atoms with van der Waals surface area (Å²) in [6.07, 6.45) is 2.90. The van der Waals surface area contributed by atoms with E-state index in [1.54, 1.807) is 13.8 Å². The molecule has 2 aromatic heterocycles. The third kappa shape index (κ3) is 5.05. The van der Waals surface area contributed by atoms with Crippen LogP contribution in [0.5, 0.6) is 5.88 Å². The SMILES string of the molecule is CC(C)(O)CCOc1ncncc1NC(=O)c1nc(-c2c(F)cccc2F)sc1N. The zero-order valence-electron chi connectivity index (χ0n) is 16.1. The van der Waals surface area contributed by atoms with Crippen molar-refractivity contribution in [3.05, 3.63) is 48.1 Å². The third-order valence-electron chi connectivity index (χ3n) is 3.92. The number of ether oxygens (including phenoxy) is 1. The van der Waals surface area contributed by atoms with Crippen LogP contribution >= 0.6 is 11.3 Å². The van der Waals surface area contributed by atoms with E-state index in [0.29, 0.717) is 6.42 Å². The summed E-state index contributed by atoms with van der Waals surface area (Å²) < 4.78 is 33.5. The third-order valence-corrected chi connectivity index (χ3v) is 4.82. The molecule has 3 rings (SSSR count). The van der Waals surface area contributed by atoms with E-state index in [9.17, 15) is 18.7 Å². The Hall–Kier alpha value is -3.18. The van der Waals surface area contributed by atoms with Crippen molar-refractivity contribution in [3.63, 3.8) is 0 Å². The predicted octanol–water partition coefficient (Wildman–Crippen LogP) is 3.25. The molecule has 0 bridgehead atoms. The van der Waals surface area contributed by atoms with Crippen molar-refractivity contribution in [2.75, 3.05) is 17.7 Å². The van der Waals surface area contributed by atoms with Gasteiger partial charge in [-0.15, -0.1) is 0 Å². The van der Waals surface area contributed by atoms with Gasteiger partial charge in [0.15, 0.2) is 5.69 Å². The van der Waals surface area contributed by atoms with Crippen LogP contribution in [0.15, 0.2) is 30.7 Å². The number of nitrogens with one attached hydrogen (secondary N) is 1. The van der Waals surface area contributed by atoms with Crippen molar-refractivity contribution in [3.8, 4) is 16.5 Å². The quantitative estimate of drug-likeness (QED) is 0.520. The van der Waals surface area contributed by atoms with Crippen LogP contribution in [0, 0.1) is 11.6 Å². The van der Waals surface area contributed by atoms with Gasteiger partial charge in [-0.2, -0.15) is 4.98 Å². The van der Waals surface area contributed by atoms with Crippen LogP contribution in [0.3, 0.4) is 0 Å². The van der Waals surface area contributed by atoms with Gasteiger partial charge in [0.1, 0.15) is 33.7 Å². The zero-order valence-corrected chi connectivity index (χ0v) is 17.0. The summed E-state index contributed by atoms with van der Waals surface area (Å²) in [5, 5.41) is 12.2. The molecule has 1 aromatic carbocycles. The molecule has 2 heterocycles. The van der Waals surface area contributed by atoms with Crippen LogP contribution in [0.25, 0.3) is 10.6 Å². The fourth-order valence-electron chi connectivity index (χ4n) is 2.40. The number of nitrogens with zero attached hydrogens (tertiary/aromatic N) is 3. The maximum absolute atomic E-state index is 14.0. The highest BCUT2D eigenvalue weighted by Gasteiger charge is 2.22. The van der Waals surface area contributed by atoms with Gasteiger partial charge in [0.2, 0.25) is 5.88 Å². The van der Waals surface area contributed by atoms with Gasteiger partial charge in [-0.05, 0) is 26.0 Å². The molecule has 0 aliphatic carbocycles. The molecule has 30 heavy (non-hydrogen) atoms. The molecular weight excluding hydrogens is 416 g/mol. The molecule has 0 atom stereocenters. The lowest BCUT2D eigenvalue weighted by Crippen LogP contribution is -2.22. The molecule has 0 unspecified atom stereocenters. The Morgan fingerprint density at radius 3 is 2.70 bits per heavy atom. The van der Waals surface area contributed by atoms with Crippen LogP contribution in [-0.2, 0) is 0 Å². The minimum atomic E-state index is -0.927. The highest BCUT2D eigenvalue weighted by atomic mass is 32.1. The molecule has 1 amide bonds. The van der Waals surface area contributed by atoms with Gasteiger partial charge in [0.25, 0.3) is 5.91 Å². The van der Waals surface area contributed by atoms with E-state index in [0.717, 1.165) is 23.5 Å². The molecule has 0 saturated heterocycles. The lowest BCUT2D eigenvalue weighted by molar-refractivity contribution is 0.0547. The second kappa shape index (κ2) is 8.67. The maximum atomic E-state index is 14.0. The topological polar surface area (TPSA) is 123 Å². The Labute approximate surface area is 174 Å². The lowest BCUT2D eigenvalue weighted by Gasteiger charge is -2.17. The number of rotatable bonds is 7. The Bertz CT molecular complexity index is 1050. The van der Waals surface area contributed by atoms with Gasteiger partial charge in [0.05, 0.1) is 24.0 Å². The Kier molecular flexibility index (Phi) is 6.22. The van der Waals surface area contributed by atoms with E-state index in [-0.39, 0.29) is 39.4 Å². The molecule has 0 radical (unpaired) electrons. The average molecular weight is 435 g/mol. The van der Waals surface area contributed by atoms with Crippen molar-refractivity contribution in [2.24, 2.45) is 0 Å². The number of amides is 1. The number of halogens is 2. The van der Waals surface area contributed by atoms with Crippen LogP contribution < -0.4 is 15.8 Å². The number of benzene rings is 1. The Balaban J connectivity index is 1.80. The van der Waals surface area contributed by atoms with Crippen molar-refractivity contribution < 1.29 is 23.4 Å². The van der Waals surface area contributed by atoms with E-state index in [2.05, 4.69) is 20.3 Å². The van der Waals surface area contributed by atoms with Crippen molar-refractivity contribution in [1.82, 2.24) is 15.0 Å². The van der Waals surface area contributed by atoms with Gasteiger partial charge in [-0.25, -0.2) is 18.7 Å². The normalized spacial score (nSPS) is 11.4.